The van der Waals surface area contributed by atoms with Crippen LogP contribution in [0, 0.1) is 6.92 Å². The highest BCUT2D eigenvalue weighted by atomic mass is 32.2. The van der Waals surface area contributed by atoms with E-state index in [-0.39, 0.29) is 5.56 Å². The molecule has 6 nitrogen and oxygen atoms in total. The Morgan fingerprint density at radius 2 is 2.21 bits per heavy atom. The molecule has 4 aromatic rings. The molecule has 0 saturated heterocycles. The summed E-state index contributed by atoms with van der Waals surface area (Å²) >= 11 is 3.06. The van der Waals surface area contributed by atoms with E-state index in [9.17, 15) is 4.79 Å². The van der Waals surface area contributed by atoms with Gasteiger partial charge in [0.2, 0.25) is 5.16 Å². The van der Waals surface area contributed by atoms with E-state index in [1.807, 2.05) is 36.6 Å². The van der Waals surface area contributed by atoms with Crippen LogP contribution in [0.2, 0.25) is 0 Å². The molecule has 4 heterocycles. The van der Waals surface area contributed by atoms with E-state index < -0.39 is 0 Å². The van der Waals surface area contributed by atoms with E-state index in [1.54, 1.807) is 28.0 Å². The fourth-order valence-corrected chi connectivity index (χ4v) is 3.66. The molecule has 0 radical (unpaired) electrons. The van der Waals surface area contributed by atoms with Crippen LogP contribution < -0.4 is 5.56 Å². The van der Waals surface area contributed by atoms with Crippen molar-refractivity contribution in [2.24, 2.45) is 0 Å². The summed E-state index contributed by atoms with van der Waals surface area (Å²) in [5.41, 5.74) is 2.32. The number of aromatic amines is 1. The minimum absolute atomic E-state index is 0.0754. The molecule has 0 fully saturated rings. The van der Waals surface area contributed by atoms with E-state index in [0.29, 0.717) is 16.6 Å². The number of nitrogens with zero attached hydrogens (tertiary/aromatic N) is 4. The minimum atomic E-state index is -0.0754. The van der Waals surface area contributed by atoms with Crippen LogP contribution in [0.25, 0.3) is 16.3 Å². The van der Waals surface area contributed by atoms with E-state index in [1.165, 1.54) is 11.8 Å². The molecular weight excluding hydrogens is 342 g/mol. The maximum Gasteiger partial charge on any atom is 0.258 e. The third-order valence-electron chi connectivity index (χ3n) is 3.43. The van der Waals surface area contributed by atoms with Crippen LogP contribution in [0.4, 0.5) is 0 Å². The van der Waals surface area contributed by atoms with Crippen LogP contribution >= 0.6 is 23.1 Å². The zero-order valence-corrected chi connectivity index (χ0v) is 14.4. The molecule has 4 rings (SSSR count). The van der Waals surface area contributed by atoms with E-state index >= 15 is 0 Å². The lowest BCUT2D eigenvalue weighted by molar-refractivity contribution is 0.967. The fourth-order valence-electron chi connectivity index (χ4n) is 2.31. The first-order chi connectivity index (χ1) is 11.7. The number of nitrogens with one attached hydrogen (secondary N) is 1. The van der Waals surface area contributed by atoms with E-state index in [2.05, 4.69) is 20.2 Å². The molecule has 0 aliphatic rings. The molecule has 120 valence electrons. The molecule has 1 N–H and O–H groups in total. The first-order valence-electron chi connectivity index (χ1n) is 7.27. The molecule has 0 bridgehead atoms. The highest BCUT2D eigenvalue weighted by molar-refractivity contribution is 7.98. The summed E-state index contributed by atoms with van der Waals surface area (Å²) in [5.74, 6) is 1.30. The molecule has 0 unspecified atom stereocenters. The highest BCUT2D eigenvalue weighted by Crippen LogP contribution is 2.24. The van der Waals surface area contributed by atoms with Gasteiger partial charge in [0.15, 0.2) is 5.82 Å². The molecule has 24 heavy (non-hydrogen) atoms. The Labute approximate surface area is 145 Å². The van der Waals surface area contributed by atoms with Crippen molar-refractivity contribution in [3.63, 3.8) is 0 Å². The summed E-state index contributed by atoms with van der Waals surface area (Å²) in [6.45, 7) is 1.95. The van der Waals surface area contributed by atoms with Gasteiger partial charge >= 0.3 is 0 Å². The summed E-state index contributed by atoms with van der Waals surface area (Å²) in [7, 11) is 0. The predicted molar refractivity (Wildman–Crippen MR) is 95.5 cm³/mol. The molecule has 0 aliphatic carbocycles. The monoisotopic (exact) mass is 355 g/mol. The van der Waals surface area contributed by atoms with Crippen molar-refractivity contribution in [2.45, 2.75) is 17.8 Å². The van der Waals surface area contributed by atoms with Crippen molar-refractivity contribution in [1.29, 1.82) is 0 Å². The molecule has 0 spiro atoms. The maximum atomic E-state index is 12.2. The van der Waals surface area contributed by atoms with Gasteiger partial charge in [-0.3, -0.25) is 14.3 Å². The summed E-state index contributed by atoms with van der Waals surface area (Å²) in [6.07, 6.45) is 1.80. The van der Waals surface area contributed by atoms with Crippen molar-refractivity contribution < 1.29 is 0 Å². The van der Waals surface area contributed by atoms with Gasteiger partial charge < -0.3 is 0 Å². The van der Waals surface area contributed by atoms with E-state index in [4.69, 9.17) is 0 Å². The Kier molecular flexibility index (Phi) is 3.91. The number of rotatable bonds is 4. The van der Waals surface area contributed by atoms with Gasteiger partial charge in [-0.25, -0.2) is 9.97 Å². The Bertz CT molecular complexity index is 1050. The van der Waals surface area contributed by atoms with Gasteiger partial charge in [0.25, 0.3) is 5.56 Å². The lowest BCUT2D eigenvalue weighted by Crippen LogP contribution is -2.15. The quantitative estimate of drug-likeness (QED) is 0.569. The number of H-pyrrole nitrogens is 1. The summed E-state index contributed by atoms with van der Waals surface area (Å²) in [5, 5.41) is 9.78. The lowest BCUT2D eigenvalue weighted by atomic mass is 10.3. The van der Waals surface area contributed by atoms with Crippen molar-refractivity contribution in [3.05, 3.63) is 63.5 Å². The number of aromatic nitrogens is 5. The van der Waals surface area contributed by atoms with Gasteiger partial charge in [0.05, 0.1) is 10.6 Å². The summed E-state index contributed by atoms with van der Waals surface area (Å²) < 4.78 is 1.56. The topological polar surface area (TPSA) is 75.9 Å². The Morgan fingerprint density at radius 1 is 1.29 bits per heavy atom. The molecule has 0 aliphatic heterocycles. The van der Waals surface area contributed by atoms with Gasteiger partial charge in [-0.2, -0.15) is 0 Å². The second-order valence-electron chi connectivity index (χ2n) is 5.25. The molecule has 0 saturated carbocycles. The second kappa shape index (κ2) is 6.21. The Hall–Kier alpha value is -2.45. The maximum absolute atomic E-state index is 12.2. The van der Waals surface area contributed by atoms with Crippen molar-refractivity contribution in [2.75, 3.05) is 0 Å². The second-order valence-corrected chi connectivity index (χ2v) is 7.14. The van der Waals surface area contributed by atoms with Gasteiger partial charge in [-0.15, -0.1) is 16.4 Å². The van der Waals surface area contributed by atoms with Crippen molar-refractivity contribution >= 4 is 28.7 Å². The average Bonchev–Trinajstić information content (AvgIpc) is 3.25. The molecule has 4 aromatic heterocycles. The van der Waals surface area contributed by atoms with Gasteiger partial charge in [0, 0.05) is 18.0 Å². The minimum Gasteiger partial charge on any atom is -0.269 e. The van der Waals surface area contributed by atoms with Crippen molar-refractivity contribution in [3.8, 4) is 10.7 Å². The zero-order chi connectivity index (χ0) is 16.5. The zero-order valence-electron chi connectivity index (χ0n) is 12.8. The number of hydrogen-bond acceptors (Lipinski definition) is 6. The first-order valence-corrected chi connectivity index (χ1v) is 9.13. The van der Waals surface area contributed by atoms with Gasteiger partial charge in [-0.1, -0.05) is 23.9 Å². The smallest absolute Gasteiger partial charge is 0.258 e. The molecule has 0 aromatic carbocycles. The molecular formula is C16H13N5OS2. The number of aryl methyl sites for hydroxylation is 1. The molecule has 8 heteroatoms. The van der Waals surface area contributed by atoms with E-state index in [0.717, 1.165) is 22.0 Å². The number of pyridine rings is 1. The molecule has 0 amide bonds. The summed E-state index contributed by atoms with van der Waals surface area (Å²) in [4.78, 5) is 22.2. The number of fused-ring (bicyclic) bond motifs is 1. The fraction of sp³-hybridized carbons (Fsp3) is 0.125. The third kappa shape index (κ3) is 2.98. The SMILES string of the molecule is Cc1ccc2nc(CSc3n[nH]c(-c4cccs4)n3)cc(=O)n2c1. The largest absolute Gasteiger partial charge is 0.269 e. The van der Waals surface area contributed by atoms with Crippen LogP contribution in [-0.4, -0.2) is 24.6 Å². The number of hydrogen-bond donors (Lipinski definition) is 1. The van der Waals surface area contributed by atoms with Crippen LogP contribution in [0.3, 0.4) is 0 Å². The Balaban J connectivity index is 1.55. The van der Waals surface area contributed by atoms with Gasteiger partial charge in [0.1, 0.15) is 5.65 Å². The van der Waals surface area contributed by atoms with Crippen LogP contribution in [0.5, 0.6) is 0 Å². The number of thiophene rings is 1. The lowest BCUT2D eigenvalue weighted by Gasteiger charge is -2.03. The molecule has 0 atom stereocenters. The average molecular weight is 355 g/mol. The standard InChI is InChI=1S/C16H13N5OS2/c1-10-4-5-13-17-11(7-14(22)21(13)8-10)9-24-16-18-15(19-20-16)12-3-2-6-23-12/h2-8H,9H2,1H3,(H,18,19,20). The highest BCUT2D eigenvalue weighted by Gasteiger charge is 2.09. The normalized spacial score (nSPS) is 11.2. The van der Waals surface area contributed by atoms with Gasteiger partial charge in [-0.05, 0) is 30.0 Å². The first kappa shape index (κ1) is 15.1. The van der Waals surface area contributed by atoms with Crippen LogP contribution in [-0.2, 0) is 5.75 Å². The van der Waals surface area contributed by atoms with Crippen molar-refractivity contribution in [1.82, 2.24) is 24.6 Å². The third-order valence-corrected chi connectivity index (χ3v) is 5.19. The Morgan fingerprint density at radius 3 is 3.04 bits per heavy atom. The van der Waals surface area contributed by atoms with Crippen LogP contribution in [0.1, 0.15) is 11.3 Å². The van der Waals surface area contributed by atoms with Crippen LogP contribution in [0.15, 0.2) is 51.9 Å². The number of thioether (sulfide) groups is 1. The predicted octanol–water partition coefficient (Wildman–Crippen LogP) is 3.14. The summed E-state index contributed by atoms with van der Waals surface area (Å²) in [6, 6.07) is 9.33.